The van der Waals surface area contributed by atoms with Crippen molar-refractivity contribution in [2.45, 2.75) is 20.0 Å². The summed E-state index contributed by atoms with van der Waals surface area (Å²) in [6, 6.07) is 8.00. The van der Waals surface area contributed by atoms with Gasteiger partial charge in [-0.3, -0.25) is 9.97 Å². The minimum Gasteiger partial charge on any atom is -0.487 e. The van der Waals surface area contributed by atoms with Crippen molar-refractivity contribution in [1.29, 1.82) is 0 Å². The first-order valence-corrected chi connectivity index (χ1v) is 5.88. The van der Waals surface area contributed by atoms with E-state index in [1.54, 1.807) is 12.4 Å². The average Bonchev–Trinajstić information content (AvgIpc) is 2.38. The Kier molecular flexibility index (Phi) is 4.07. The molecule has 3 nitrogen and oxygen atoms in total. The molecule has 1 aromatic carbocycles. The van der Waals surface area contributed by atoms with Gasteiger partial charge in [-0.25, -0.2) is 0 Å². The van der Waals surface area contributed by atoms with Crippen molar-refractivity contribution in [3.8, 4) is 5.75 Å². The number of aryl methyl sites for hydroxylation is 1. The zero-order valence-corrected chi connectivity index (χ0v) is 10.5. The molecule has 0 amide bonds. The third-order valence-electron chi connectivity index (χ3n) is 2.49. The molecule has 2 rings (SSSR count). The predicted octanol–water partition coefficient (Wildman–Crippen LogP) is 3.09. The van der Waals surface area contributed by atoms with Crippen LogP contribution in [0.5, 0.6) is 5.75 Å². The smallest absolute Gasteiger partial charge is 0.132 e. The minimum absolute atomic E-state index is 0.440. The van der Waals surface area contributed by atoms with Gasteiger partial charge in [0.25, 0.3) is 0 Å². The second-order valence-corrected chi connectivity index (χ2v) is 4.08. The van der Waals surface area contributed by atoms with E-state index in [1.807, 2.05) is 37.3 Å². The van der Waals surface area contributed by atoms with E-state index in [1.165, 1.54) is 5.56 Å². The van der Waals surface area contributed by atoms with E-state index in [0.717, 1.165) is 23.6 Å². The van der Waals surface area contributed by atoms with Crippen LogP contribution in [0.4, 0.5) is 0 Å². The van der Waals surface area contributed by atoms with Crippen LogP contribution in [0.3, 0.4) is 0 Å². The topological polar surface area (TPSA) is 35.0 Å². The zero-order chi connectivity index (χ0) is 12.8. The van der Waals surface area contributed by atoms with E-state index in [-0.39, 0.29) is 0 Å². The Labute approximate surface area is 107 Å². The van der Waals surface area contributed by atoms with E-state index >= 15 is 0 Å². The maximum atomic E-state index is 5.65. The van der Waals surface area contributed by atoms with Crippen molar-refractivity contribution >= 4 is 0 Å². The van der Waals surface area contributed by atoms with E-state index in [9.17, 15) is 0 Å². The van der Waals surface area contributed by atoms with E-state index in [0.29, 0.717) is 6.61 Å². The maximum absolute atomic E-state index is 5.65. The fraction of sp³-hybridized carbons (Fsp3) is 0.200. The van der Waals surface area contributed by atoms with E-state index in [4.69, 9.17) is 4.74 Å². The molecule has 0 spiro atoms. The number of hydrogen-bond acceptors (Lipinski definition) is 3. The lowest BCUT2D eigenvalue weighted by Gasteiger charge is -2.06. The van der Waals surface area contributed by atoms with Gasteiger partial charge in [-0.1, -0.05) is 18.2 Å². The Morgan fingerprint density at radius 1 is 1.22 bits per heavy atom. The molecule has 0 N–H and O–H groups in total. The molecule has 0 aliphatic carbocycles. The van der Waals surface area contributed by atoms with Gasteiger partial charge in [-0.05, 0) is 31.0 Å². The summed E-state index contributed by atoms with van der Waals surface area (Å²) in [5, 5.41) is 0. The van der Waals surface area contributed by atoms with Gasteiger partial charge in [-0.15, -0.1) is 6.58 Å². The molecular formula is C15H16N2O. The second-order valence-electron chi connectivity index (χ2n) is 4.08. The molecule has 0 unspecified atom stereocenters. The predicted molar refractivity (Wildman–Crippen MR) is 71.4 cm³/mol. The lowest BCUT2D eigenvalue weighted by atomic mass is 10.1. The van der Waals surface area contributed by atoms with Crippen molar-refractivity contribution in [2.75, 3.05) is 0 Å². The monoisotopic (exact) mass is 240 g/mol. The molecule has 0 saturated carbocycles. The maximum Gasteiger partial charge on any atom is 0.132 e. The molecule has 0 fully saturated rings. The zero-order valence-electron chi connectivity index (χ0n) is 10.5. The number of nitrogens with zero attached hydrogens (tertiary/aromatic N) is 2. The molecule has 0 saturated heterocycles. The van der Waals surface area contributed by atoms with Gasteiger partial charge < -0.3 is 4.74 Å². The summed E-state index contributed by atoms with van der Waals surface area (Å²) in [5.41, 5.74) is 2.97. The molecule has 3 heteroatoms. The van der Waals surface area contributed by atoms with Crippen molar-refractivity contribution in [3.63, 3.8) is 0 Å². The first-order valence-electron chi connectivity index (χ1n) is 5.88. The SMILES string of the molecule is C=CCc1ccc(OCc2cncc(C)n2)cc1. The summed E-state index contributed by atoms with van der Waals surface area (Å²) in [6.45, 7) is 6.07. The Hall–Kier alpha value is -2.16. The molecule has 0 bridgehead atoms. The Morgan fingerprint density at radius 2 is 2.00 bits per heavy atom. The fourth-order valence-electron chi connectivity index (χ4n) is 1.63. The third kappa shape index (κ3) is 3.42. The first kappa shape index (κ1) is 12.3. The van der Waals surface area contributed by atoms with Crippen LogP contribution < -0.4 is 4.74 Å². The lowest BCUT2D eigenvalue weighted by molar-refractivity contribution is 0.300. The van der Waals surface area contributed by atoms with Crippen molar-refractivity contribution in [3.05, 3.63) is 66.3 Å². The molecule has 18 heavy (non-hydrogen) atoms. The summed E-state index contributed by atoms with van der Waals surface area (Å²) in [6.07, 6.45) is 6.22. The van der Waals surface area contributed by atoms with Gasteiger partial charge in [0.15, 0.2) is 0 Å². The normalized spacial score (nSPS) is 10.1. The molecule has 1 aromatic heterocycles. The minimum atomic E-state index is 0.440. The standard InChI is InChI=1S/C15H16N2O/c1-3-4-13-5-7-15(8-6-13)18-11-14-10-16-9-12(2)17-14/h3,5-10H,1,4,11H2,2H3. The van der Waals surface area contributed by atoms with Crippen molar-refractivity contribution < 1.29 is 4.74 Å². The Morgan fingerprint density at radius 3 is 2.67 bits per heavy atom. The van der Waals surface area contributed by atoms with E-state index < -0.39 is 0 Å². The van der Waals surface area contributed by atoms with Crippen LogP contribution in [0, 0.1) is 6.92 Å². The highest BCUT2D eigenvalue weighted by molar-refractivity contribution is 5.28. The van der Waals surface area contributed by atoms with Crippen molar-refractivity contribution in [1.82, 2.24) is 9.97 Å². The van der Waals surface area contributed by atoms with Crippen LogP contribution in [0.15, 0.2) is 49.3 Å². The van der Waals surface area contributed by atoms with Crippen LogP contribution in [-0.2, 0) is 13.0 Å². The van der Waals surface area contributed by atoms with E-state index in [2.05, 4.69) is 16.5 Å². The third-order valence-corrected chi connectivity index (χ3v) is 2.49. The molecule has 2 aromatic rings. The molecular weight excluding hydrogens is 224 g/mol. The number of ether oxygens (including phenoxy) is 1. The highest BCUT2D eigenvalue weighted by Gasteiger charge is 1.98. The molecule has 0 aliphatic heterocycles. The van der Waals surface area contributed by atoms with Crippen molar-refractivity contribution in [2.24, 2.45) is 0 Å². The summed E-state index contributed by atoms with van der Waals surface area (Å²) in [7, 11) is 0. The Bertz CT molecular complexity index is 520. The highest BCUT2D eigenvalue weighted by atomic mass is 16.5. The number of aromatic nitrogens is 2. The number of hydrogen-bond donors (Lipinski definition) is 0. The quantitative estimate of drug-likeness (QED) is 0.753. The molecule has 1 heterocycles. The first-order chi connectivity index (χ1) is 8.78. The second kappa shape index (κ2) is 5.96. The van der Waals surface area contributed by atoms with Gasteiger partial charge in [0.05, 0.1) is 17.6 Å². The van der Waals surface area contributed by atoms with Crippen LogP contribution in [0.25, 0.3) is 0 Å². The molecule has 92 valence electrons. The van der Waals surface area contributed by atoms with Crippen LogP contribution in [-0.4, -0.2) is 9.97 Å². The van der Waals surface area contributed by atoms with Crippen LogP contribution in [0.2, 0.25) is 0 Å². The summed E-state index contributed by atoms with van der Waals surface area (Å²) in [4.78, 5) is 8.42. The Balaban J connectivity index is 1.95. The average molecular weight is 240 g/mol. The van der Waals surface area contributed by atoms with Gasteiger partial charge >= 0.3 is 0 Å². The van der Waals surface area contributed by atoms with Gasteiger partial charge in [0, 0.05) is 6.20 Å². The summed E-state index contributed by atoms with van der Waals surface area (Å²) in [5.74, 6) is 0.839. The summed E-state index contributed by atoms with van der Waals surface area (Å²) >= 11 is 0. The molecule has 0 atom stereocenters. The largest absolute Gasteiger partial charge is 0.487 e. The number of benzene rings is 1. The molecule has 0 radical (unpaired) electrons. The van der Waals surface area contributed by atoms with Crippen LogP contribution in [0.1, 0.15) is 17.0 Å². The number of allylic oxidation sites excluding steroid dienone is 1. The van der Waals surface area contributed by atoms with Gasteiger partial charge in [0.2, 0.25) is 0 Å². The lowest BCUT2D eigenvalue weighted by Crippen LogP contribution is -2.00. The fourth-order valence-corrected chi connectivity index (χ4v) is 1.63. The van der Waals surface area contributed by atoms with Crippen LogP contribution >= 0.6 is 0 Å². The summed E-state index contributed by atoms with van der Waals surface area (Å²) < 4.78 is 5.65. The number of rotatable bonds is 5. The van der Waals surface area contributed by atoms with Gasteiger partial charge in [0.1, 0.15) is 12.4 Å². The van der Waals surface area contributed by atoms with Gasteiger partial charge in [-0.2, -0.15) is 0 Å². The molecule has 0 aliphatic rings. The highest BCUT2D eigenvalue weighted by Crippen LogP contribution is 2.14.